The van der Waals surface area contributed by atoms with Crippen LogP contribution in [0.25, 0.3) is 0 Å². The zero-order chi connectivity index (χ0) is 18.0. The van der Waals surface area contributed by atoms with Gasteiger partial charge in [0.05, 0.1) is 12.0 Å². The first-order chi connectivity index (χ1) is 11.9. The molecular formula is C15H16Cl2N4O3S. The van der Waals surface area contributed by atoms with Gasteiger partial charge in [0.15, 0.2) is 0 Å². The summed E-state index contributed by atoms with van der Waals surface area (Å²) in [6.07, 6.45) is 0. The molecule has 0 radical (unpaired) electrons. The lowest BCUT2D eigenvalue weighted by Crippen LogP contribution is -2.48. The third kappa shape index (κ3) is 3.98. The first-order valence-electron chi connectivity index (χ1n) is 7.49. The summed E-state index contributed by atoms with van der Waals surface area (Å²) in [6, 6.07) is 7.97. The normalized spacial score (nSPS) is 16.0. The van der Waals surface area contributed by atoms with Gasteiger partial charge in [0.25, 0.3) is 0 Å². The molecule has 1 aliphatic heterocycles. The second kappa shape index (κ2) is 7.33. The molecule has 1 aromatic heterocycles. The second-order valence-electron chi connectivity index (χ2n) is 5.38. The highest BCUT2D eigenvalue weighted by molar-refractivity contribution is 7.89. The lowest BCUT2D eigenvalue weighted by molar-refractivity contribution is 0.383. The van der Waals surface area contributed by atoms with Gasteiger partial charge in [-0.2, -0.15) is 4.31 Å². The van der Waals surface area contributed by atoms with E-state index in [0.29, 0.717) is 37.7 Å². The third-order valence-corrected chi connectivity index (χ3v) is 6.19. The molecule has 10 heteroatoms. The van der Waals surface area contributed by atoms with Crippen LogP contribution in [-0.2, 0) is 10.0 Å². The van der Waals surface area contributed by atoms with E-state index >= 15 is 0 Å². The van der Waals surface area contributed by atoms with Crippen LogP contribution in [-0.4, -0.2) is 56.0 Å². The molecule has 7 nitrogen and oxygen atoms in total. The molecule has 2 heterocycles. The maximum Gasteiger partial charge on any atom is 0.243 e. The van der Waals surface area contributed by atoms with Crippen LogP contribution >= 0.6 is 23.2 Å². The van der Waals surface area contributed by atoms with Crippen molar-refractivity contribution in [2.24, 2.45) is 0 Å². The summed E-state index contributed by atoms with van der Waals surface area (Å²) in [4.78, 5) is 10.1. The number of aromatic nitrogens is 2. The molecule has 1 aliphatic rings. The molecule has 0 N–H and O–H groups in total. The smallest absolute Gasteiger partial charge is 0.243 e. The predicted octanol–water partition coefficient (Wildman–Crippen LogP) is 2.30. The van der Waals surface area contributed by atoms with E-state index in [-0.39, 0.29) is 15.3 Å². The Balaban J connectivity index is 1.72. The number of rotatable bonds is 4. The molecule has 0 aliphatic carbocycles. The maximum absolute atomic E-state index is 12.7. The fourth-order valence-electron chi connectivity index (χ4n) is 2.60. The van der Waals surface area contributed by atoms with Crippen molar-refractivity contribution in [2.75, 3.05) is 38.2 Å². The van der Waals surface area contributed by atoms with Crippen molar-refractivity contribution in [3.05, 3.63) is 40.8 Å². The number of sulfonamides is 1. The Morgan fingerprint density at radius 3 is 2.24 bits per heavy atom. The quantitative estimate of drug-likeness (QED) is 0.576. The van der Waals surface area contributed by atoms with Crippen molar-refractivity contribution in [3.63, 3.8) is 0 Å². The van der Waals surface area contributed by atoms with Gasteiger partial charge >= 0.3 is 0 Å². The first kappa shape index (κ1) is 18.2. The van der Waals surface area contributed by atoms with E-state index in [1.807, 2.05) is 4.90 Å². The molecule has 1 saturated heterocycles. The molecule has 0 atom stereocenters. The Morgan fingerprint density at radius 2 is 1.68 bits per heavy atom. The lowest BCUT2D eigenvalue weighted by atomic mass is 10.3. The van der Waals surface area contributed by atoms with E-state index in [1.165, 1.54) is 11.4 Å². The number of methoxy groups -OCH3 is 1. The van der Waals surface area contributed by atoms with Crippen molar-refractivity contribution in [1.82, 2.24) is 14.3 Å². The van der Waals surface area contributed by atoms with Gasteiger partial charge in [0.2, 0.25) is 15.3 Å². The molecule has 1 aromatic carbocycles. The standard InChI is InChI=1S/C15H16Cl2N4O3S/c1-24-11-2-4-12(5-3-11)25(22,23)21-8-6-20(7-9-21)14-10-13(16)18-15(17)19-14/h2-5,10H,6-9H2,1H3. The summed E-state index contributed by atoms with van der Waals surface area (Å²) in [7, 11) is -2.01. The molecule has 134 valence electrons. The molecule has 25 heavy (non-hydrogen) atoms. The minimum atomic E-state index is -3.54. The third-order valence-electron chi connectivity index (χ3n) is 3.91. The Morgan fingerprint density at radius 1 is 1.04 bits per heavy atom. The van der Waals surface area contributed by atoms with Gasteiger partial charge in [0.1, 0.15) is 16.7 Å². The topological polar surface area (TPSA) is 75.6 Å². The largest absolute Gasteiger partial charge is 0.497 e. The number of anilines is 1. The van der Waals surface area contributed by atoms with Crippen LogP contribution < -0.4 is 9.64 Å². The van der Waals surface area contributed by atoms with E-state index in [4.69, 9.17) is 27.9 Å². The zero-order valence-corrected chi connectivity index (χ0v) is 15.7. The highest BCUT2D eigenvalue weighted by Crippen LogP contribution is 2.23. The van der Waals surface area contributed by atoms with E-state index in [2.05, 4.69) is 9.97 Å². The molecule has 0 spiro atoms. The maximum atomic E-state index is 12.7. The van der Waals surface area contributed by atoms with Gasteiger partial charge in [0, 0.05) is 32.2 Å². The lowest BCUT2D eigenvalue weighted by Gasteiger charge is -2.34. The van der Waals surface area contributed by atoms with Crippen LogP contribution in [0.3, 0.4) is 0 Å². The molecule has 3 rings (SSSR count). The van der Waals surface area contributed by atoms with Crippen molar-refractivity contribution < 1.29 is 13.2 Å². The van der Waals surface area contributed by atoms with Gasteiger partial charge < -0.3 is 9.64 Å². The van der Waals surface area contributed by atoms with E-state index in [0.717, 1.165) is 0 Å². The van der Waals surface area contributed by atoms with Gasteiger partial charge in [-0.1, -0.05) is 11.6 Å². The van der Waals surface area contributed by atoms with Gasteiger partial charge in [-0.05, 0) is 35.9 Å². The fraction of sp³-hybridized carbons (Fsp3) is 0.333. The van der Waals surface area contributed by atoms with Gasteiger partial charge in [-0.25, -0.2) is 18.4 Å². The molecule has 0 saturated carbocycles. The monoisotopic (exact) mass is 402 g/mol. The Labute approximate surface area is 156 Å². The summed E-state index contributed by atoms with van der Waals surface area (Å²) in [5.74, 6) is 1.20. The molecule has 0 bridgehead atoms. The molecule has 1 fully saturated rings. The second-order valence-corrected chi connectivity index (χ2v) is 8.05. The number of halogens is 2. The summed E-state index contributed by atoms with van der Waals surface area (Å²) in [5.41, 5.74) is 0. The van der Waals surface area contributed by atoms with Crippen LogP contribution in [0.5, 0.6) is 5.75 Å². The number of nitrogens with zero attached hydrogens (tertiary/aromatic N) is 4. The highest BCUT2D eigenvalue weighted by Gasteiger charge is 2.29. The van der Waals surface area contributed by atoms with Crippen molar-refractivity contribution in [2.45, 2.75) is 4.90 Å². The van der Waals surface area contributed by atoms with Crippen LogP contribution in [0.1, 0.15) is 0 Å². The predicted molar refractivity (Wildman–Crippen MR) is 96.0 cm³/mol. The summed E-state index contributed by atoms with van der Waals surface area (Å²) in [5, 5.41) is 0.319. The van der Waals surface area contributed by atoms with Gasteiger partial charge in [-0.15, -0.1) is 0 Å². The van der Waals surface area contributed by atoms with E-state index < -0.39 is 10.0 Å². The summed E-state index contributed by atoms with van der Waals surface area (Å²) in [6.45, 7) is 1.65. The van der Waals surface area contributed by atoms with Crippen LogP contribution in [0, 0.1) is 0 Å². The van der Waals surface area contributed by atoms with Crippen molar-refractivity contribution >= 4 is 39.0 Å². The van der Waals surface area contributed by atoms with Gasteiger partial charge in [-0.3, -0.25) is 0 Å². The Bertz CT molecular complexity index is 833. The number of piperazine rings is 1. The number of hydrogen-bond acceptors (Lipinski definition) is 6. The summed E-state index contributed by atoms with van der Waals surface area (Å²) >= 11 is 11.7. The average molecular weight is 403 g/mol. The molecule has 2 aromatic rings. The highest BCUT2D eigenvalue weighted by atomic mass is 35.5. The molecule has 0 amide bonds. The first-order valence-corrected chi connectivity index (χ1v) is 9.69. The Kier molecular flexibility index (Phi) is 5.33. The molecule has 0 unspecified atom stereocenters. The minimum Gasteiger partial charge on any atom is -0.497 e. The number of benzene rings is 1. The van der Waals surface area contributed by atoms with E-state index in [9.17, 15) is 8.42 Å². The SMILES string of the molecule is COc1ccc(S(=O)(=O)N2CCN(c3cc(Cl)nc(Cl)n3)CC2)cc1. The number of ether oxygens (including phenoxy) is 1. The fourth-order valence-corrected chi connectivity index (χ4v) is 4.42. The van der Waals surface area contributed by atoms with E-state index in [1.54, 1.807) is 30.3 Å². The number of hydrogen-bond donors (Lipinski definition) is 0. The van der Waals surface area contributed by atoms with Crippen molar-refractivity contribution in [1.29, 1.82) is 0 Å². The zero-order valence-electron chi connectivity index (χ0n) is 13.4. The Hall–Kier alpha value is -1.61. The van der Waals surface area contributed by atoms with Crippen LogP contribution in [0.15, 0.2) is 35.2 Å². The average Bonchev–Trinajstić information content (AvgIpc) is 2.61. The van der Waals surface area contributed by atoms with Crippen molar-refractivity contribution in [3.8, 4) is 5.75 Å². The molecular weight excluding hydrogens is 387 g/mol. The van der Waals surface area contributed by atoms with Crippen LogP contribution in [0.4, 0.5) is 5.82 Å². The minimum absolute atomic E-state index is 0.0655. The van der Waals surface area contributed by atoms with Crippen LogP contribution in [0.2, 0.25) is 10.4 Å². The summed E-state index contributed by atoms with van der Waals surface area (Å²) < 4.78 is 32.0.